The molecule has 0 heterocycles. The lowest BCUT2D eigenvalue weighted by Crippen LogP contribution is -2.43. The first-order valence-corrected chi connectivity index (χ1v) is 6.70. The Kier molecular flexibility index (Phi) is 6.39. The highest BCUT2D eigenvalue weighted by Gasteiger charge is 2.16. The van der Waals surface area contributed by atoms with E-state index in [0.717, 1.165) is 5.56 Å². The lowest BCUT2D eigenvalue weighted by Gasteiger charge is -2.14. The molecular formula is C15H20N2O4. The smallest absolute Gasteiger partial charge is 0.321 e. The highest BCUT2D eigenvalue weighted by molar-refractivity contribution is 5.96. The van der Waals surface area contributed by atoms with Crippen LogP contribution in [0.15, 0.2) is 24.3 Å². The van der Waals surface area contributed by atoms with Crippen LogP contribution < -0.4 is 15.4 Å². The number of carbonyl (C=O) groups is 3. The molecule has 1 unspecified atom stereocenters. The monoisotopic (exact) mass is 292 g/mol. The maximum Gasteiger partial charge on any atom is 0.321 e. The van der Waals surface area contributed by atoms with E-state index in [1.54, 1.807) is 26.0 Å². The first-order chi connectivity index (χ1) is 9.92. The summed E-state index contributed by atoms with van der Waals surface area (Å²) >= 11 is 0. The standard InChI is InChI=1S/C15H20N2O4/c1-10(18)4-5-12-6-8-13(9-7-12)21-11(2)14(19)17-15(20)16-3/h6-9,11H,4-5H2,1-3H3,(H2,16,17,19,20). The maximum atomic E-state index is 11.6. The molecule has 0 spiro atoms. The van der Waals surface area contributed by atoms with Crippen LogP contribution in [0.3, 0.4) is 0 Å². The molecule has 0 aliphatic rings. The summed E-state index contributed by atoms with van der Waals surface area (Å²) in [6, 6.07) is 6.59. The van der Waals surface area contributed by atoms with Gasteiger partial charge in [0.15, 0.2) is 6.10 Å². The second kappa shape index (κ2) is 8.04. The number of hydrogen-bond acceptors (Lipinski definition) is 4. The Balaban J connectivity index is 2.52. The Hall–Kier alpha value is -2.37. The molecule has 1 aromatic rings. The molecule has 3 amide bonds. The van der Waals surface area contributed by atoms with Crippen LogP contribution in [0.1, 0.15) is 25.8 Å². The third kappa shape index (κ3) is 6.07. The Labute approximate surface area is 123 Å². The van der Waals surface area contributed by atoms with Crippen LogP contribution in [0.5, 0.6) is 5.75 Å². The first-order valence-electron chi connectivity index (χ1n) is 6.70. The number of nitrogens with one attached hydrogen (secondary N) is 2. The second-order valence-electron chi connectivity index (χ2n) is 4.67. The number of benzene rings is 1. The third-order valence-electron chi connectivity index (χ3n) is 2.83. The topological polar surface area (TPSA) is 84.5 Å². The van der Waals surface area contributed by atoms with Gasteiger partial charge in [0, 0.05) is 13.5 Å². The van der Waals surface area contributed by atoms with Gasteiger partial charge >= 0.3 is 6.03 Å². The van der Waals surface area contributed by atoms with E-state index >= 15 is 0 Å². The van der Waals surface area contributed by atoms with Gasteiger partial charge in [0.05, 0.1) is 0 Å². The number of rotatable bonds is 6. The largest absolute Gasteiger partial charge is 0.481 e. The molecular weight excluding hydrogens is 272 g/mol. The van der Waals surface area contributed by atoms with E-state index in [4.69, 9.17) is 4.74 Å². The van der Waals surface area contributed by atoms with E-state index in [1.807, 2.05) is 12.1 Å². The molecule has 0 aliphatic heterocycles. The highest BCUT2D eigenvalue weighted by Crippen LogP contribution is 2.15. The molecule has 1 rings (SSSR count). The summed E-state index contributed by atoms with van der Waals surface area (Å²) in [6.45, 7) is 3.12. The van der Waals surface area contributed by atoms with Crippen LogP contribution in [0.2, 0.25) is 0 Å². The van der Waals surface area contributed by atoms with Crippen molar-refractivity contribution in [3.8, 4) is 5.75 Å². The zero-order valence-corrected chi connectivity index (χ0v) is 12.4. The Bertz CT molecular complexity index is 511. The molecule has 0 aliphatic carbocycles. The Morgan fingerprint density at radius 3 is 2.33 bits per heavy atom. The molecule has 1 atom stereocenters. The second-order valence-corrected chi connectivity index (χ2v) is 4.67. The van der Waals surface area contributed by atoms with Gasteiger partial charge in [-0.3, -0.25) is 10.1 Å². The van der Waals surface area contributed by atoms with E-state index in [9.17, 15) is 14.4 Å². The fraction of sp³-hybridized carbons (Fsp3) is 0.400. The third-order valence-corrected chi connectivity index (χ3v) is 2.83. The number of hydrogen-bond donors (Lipinski definition) is 2. The summed E-state index contributed by atoms with van der Waals surface area (Å²) in [6.07, 6.45) is 0.401. The van der Waals surface area contributed by atoms with E-state index in [0.29, 0.717) is 18.6 Å². The maximum absolute atomic E-state index is 11.6. The Morgan fingerprint density at radius 1 is 1.19 bits per heavy atom. The number of ether oxygens (including phenoxy) is 1. The van der Waals surface area contributed by atoms with Crippen LogP contribution in [0.25, 0.3) is 0 Å². The number of amides is 3. The van der Waals surface area contributed by atoms with Crippen molar-refractivity contribution < 1.29 is 19.1 Å². The van der Waals surface area contributed by atoms with Gasteiger partial charge in [-0.05, 0) is 38.0 Å². The minimum absolute atomic E-state index is 0.148. The molecule has 114 valence electrons. The van der Waals surface area contributed by atoms with Gasteiger partial charge in [0.25, 0.3) is 5.91 Å². The molecule has 1 aromatic carbocycles. The number of aryl methyl sites for hydroxylation is 1. The summed E-state index contributed by atoms with van der Waals surface area (Å²) in [5, 5.41) is 4.43. The number of imide groups is 1. The van der Waals surface area contributed by atoms with Gasteiger partial charge in [-0.15, -0.1) is 0 Å². The first kappa shape index (κ1) is 16.7. The summed E-state index contributed by atoms with van der Waals surface area (Å²) in [5.41, 5.74) is 1.03. The molecule has 2 N–H and O–H groups in total. The minimum atomic E-state index is -0.787. The van der Waals surface area contributed by atoms with E-state index in [-0.39, 0.29) is 5.78 Å². The molecule has 6 heteroatoms. The van der Waals surface area contributed by atoms with Gasteiger partial charge in [-0.1, -0.05) is 12.1 Å². The number of urea groups is 1. The molecule has 0 radical (unpaired) electrons. The van der Waals surface area contributed by atoms with Crippen LogP contribution in [-0.4, -0.2) is 30.9 Å². The average molecular weight is 292 g/mol. The molecule has 6 nitrogen and oxygen atoms in total. The predicted molar refractivity (Wildman–Crippen MR) is 78.1 cm³/mol. The van der Waals surface area contributed by atoms with Gasteiger partial charge < -0.3 is 14.8 Å². The average Bonchev–Trinajstić information content (AvgIpc) is 2.46. The Morgan fingerprint density at radius 2 is 1.81 bits per heavy atom. The van der Waals surface area contributed by atoms with Crippen LogP contribution >= 0.6 is 0 Å². The normalized spacial score (nSPS) is 11.4. The summed E-state index contributed by atoms with van der Waals surface area (Å²) in [5.74, 6) is 0.158. The minimum Gasteiger partial charge on any atom is -0.481 e. The van der Waals surface area contributed by atoms with E-state index in [2.05, 4.69) is 10.6 Å². The van der Waals surface area contributed by atoms with Gasteiger partial charge in [0.2, 0.25) is 0 Å². The lowest BCUT2D eigenvalue weighted by atomic mass is 10.1. The van der Waals surface area contributed by atoms with E-state index < -0.39 is 18.0 Å². The molecule has 0 aromatic heterocycles. The fourth-order valence-corrected chi connectivity index (χ4v) is 1.59. The summed E-state index contributed by atoms with van der Waals surface area (Å²) in [7, 11) is 1.42. The number of Topliss-reactive ketones (excluding diaryl/α,β-unsaturated/α-hetero) is 1. The molecule has 21 heavy (non-hydrogen) atoms. The van der Waals surface area contributed by atoms with E-state index in [1.165, 1.54) is 7.05 Å². The van der Waals surface area contributed by atoms with Gasteiger partial charge in [0.1, 0.15) is 11.5 Å². The summed E-state index contributed by atoms with van der Waals surface area (Å²) < 4.78 is 5.44. The van der Waals surface area contributed by atoms with Crippen molar-refractivity contribution in [3.63, 3.8) is 0 Å². The molecule has 0 fully saturated rings. The number of ketones is 1. The van der Waals surface area contributed by atoms with Crippen molar-refractivity contribution >= 4 is 17.7 Å². The highest BCUT2D eigenvalue weighted by atomic mass is 16.5. The van der Waals surface area contributed by atoms with Crippen LogP contribution in [0.4, 0.5) is 4.79 Å². The predicted octanol–water partition coefficient (Wildman–Crippen LogP) is 1.43. The zero-order valence-electron chi connectivity index (χ0n) is 12.4. The SMILES string of the molecule is CNC(=O)NC(=O)C(C)Oc1ccc(CCC(C)=O)cc1. The lowest BCUT2D eigenvalue weighted by molar-refractivity contribution is -0.126. The van der Waals surface area contributed by atoms with Crippen molar-refractivity contribution in [2.45, 2.75) is 32.8 Å². The fourth-order valence-electron chi connectivity index (χ4n) is 1.59. The number of carbonyl (C=O) groups excluding carboxylic acids is 3. The summed E-state index contributed by atoms with van der Waals surface area (Å²) in [4.78, 5) is 33.6. The zero-order chi connectivity index (χ0) is 15.8. The van der Waals surface area contributed by atoms with Crippen LogP contribution in [-0.2, 0) is 16.0 Å². The van der Waals surface area contributed by atoms with Crippen molar-refractivity contribution in [1.82, 2.24) is 10.6 Å². The van der Waals surface area contributed by atoms with Gasteiger partial charge in [-0.2, -0.15) is 0 Å². The van der Waals surface area contributed by atoms with Crippen LogP contribution in [0, 0.1) is 0 Å². The molecule has 0 bridgehead atoms. The van der Waals surface area contributed by atoms with Crippen molar-refractivity contribution in [1.29, 1.82) is 0 Å². The quantitative estimate of drug-likeness (QED) is 0.830. The van der Waals surface area contributed by atoms with Crippen molar-refractivity contribution in [2.24, 2.45) is 0 Å². The molecule has 0 saturated carbocycles. The molecule has 0 saturated heterocycles. The van der Waals surface area contributed by atoms with Crippen molar-refractivity contribution in [3.05, 3.63) is 29.8 Å². The van der Waals surface area contributed by atoms with Crippen molar-refractivity contribution in [2.75, 3.05) is 7.05 Å². The van der Waals surface area contributed by atoms with Gasteiger partial charge in [-0.25, -0.2) is 4.79 Å².